The van der Waals surface area contributed by atoms with Crippen LogP contribution >= 0.6 is 11.3 Å². The lowest BCUT2D eigenvalue weighted by Crippen LogP contribution is -2.26. The van der Waals surface area contributed by atoms with Gasteiger partial charge in [0, 0.05) is 19.0 Å². The zero-order valence-electron chi connectivity index (χ0n) is 14.6. The summed E-state index contributed by atoms with van der Waals surface area (Å²) in [5.41, 5.74) is 3.51. The summed E-state index contributed by atoms with van der Waals surface area (Å²) in [6.07, 6.45) is 2.09. The van der Waals surface area contributed by atoms with Gasteiger partial charge < -0.3 is 9.73 Å². The molecule has 0 bridgehead atoms. The quantitative estimate of drug-likeness (QED) is 0.735. The molecule has 0 spiro atoms. The number of benzene rings is 1. The summed E-state index contributed by atoms with van der Waals surface area (Å²) in [5.74, 6) is -0.115. The van der Waals surface area contributed by atoms with Crippen LogP contribution in [0.15, 0.2) is 69.0 Å². The van der Waals surface area contributed by atoms with E-state index in [-0.39, 0.29) is 23.6 Å². The molecule has 0 aliphatic carbocycles. The monoisotopic (exact) mass is 379 g/mol. The number of amides is 2. The maximum atomic E-state index is 12.8. The number of carbonyl (C=O) groups is 2. The smallest absolute Gasteiger partial charge is 0.310 e. The van der Waals surface area contributed by atoms with Gasteiger partial charge in [0.15, 0.2) is 5.76 Å². The number of thiophene rings is 1. The Bertz CT molecular complexity index is 976. The molecule has 0 saturated heterocycles. The van der Waals surface area contributed by atoms with Gasteiger partial charge in [0.05, 0.1) is 18.0 Å². The highest BCUT2D eigenvalue weighted by Crippen LogP contribution is 2.35. The van der Waals surface area contributed by atoms with Crippen LogP contribution < -0.4 is 5.32 Å². The van der Waals surface area contributed by atoms with Crippen molar-refractivity contribution >= 4 is 34.6 Å². The third-order valence-electron chi connectivity index (χ3n) is 4.32. The van der Waals surface area contributed by atoms with Gasteiger partial charge in [-0.2, -0.15) is 16.4 Å². The summed E-state index contributed by atoms with van der Waals surface area (Å²) >= 11 is 1.59. The Morgan fingerprint density at radius 2 is 2.04 bits per heavy atom. The van der Waals surface area contributed by atoms with Gasteiger partial charge in [0.25, 0.3) is 0 Å². The highest BCUT2D eigenvalue weighted by molar-refractivity contribution is 7.08. The van der Waals surface area contributed by atoms with E-state index in [9.17, 15) is 9.59 Å². The number of carbonyl (C=O) groups excluding carboxylic acids is 2. The van der Waals surface area contributed by atoms with E-state index in [2.05, 4.69) is 10.4 Å². The highest BCUT2D eigenvalue weighted by Gasteiger charge is 2.34. The Kier molecular flexibility index (Phi) is 4.60. The first kappa shape index (κ1) is 17.2. The summed E-state index contributed by atoms with van der Waals surface area (Å²) < 4.78 is 5.27. The molecule has 1 atom stereocenters. The fraction of sp³-hybridized carbons (Fsp3) is 0.150. The molecule has 0 radical (unpaired) electrons. The number of anilines is 1. The van der Waals surface area contributed by atoms with E-state index < -0.39 is 0 Å². The number of hydrogen-bond donors (Lipinski definition) is 1. The predicted molar refractivity (Wildman–Crippen MR) is 104 cm³/mol. The Hall–Kier alpha value is -3.19. The minimum atomic E-state index is -0.263. The zero-order valence-corrected chi connectivity index (χ0v) is 15.4. The van der Waals surface area contributed by atoms with Gasteiger partial charge in [-0.3, -0.25) is 9.59 Å². The molecule has 1 aromatic carbocycles. The molecular weight excluding hydrogens is 362 g/mol. The van der Waals surface area contributed by atoms with E-state index in [1.54, 1.807) is 23.5 Å². The largest absolute Gasteiger partial charge is 0.459 e. The average Bonchev–Trinajstić information content (AvgIpc) is 3.41. The Morgan fingerprint density at radius 3 is 2.67 bits per heavy atom. The molecule has 6 nitrogen and oxygen atoms in total. The van der Waals surface area contributed by atoms with Crippen LogP contribution in [0, 0.1) is 0 Å². The van der Waals surface area contributed by atoms with Gasteiger partial charge in [-0.05, 0) is 52.2 Å². The topological polar surface area (TPSA) is 74.9 Å². The zero-order chi connectivity index (χ0) is 18.8. The van der Waals surface area contributed by atoms with E-state index >= 15 is 0 Å². The van der Waals surface area contributed by atoms with Crippen molar-refractivity contribution in [3.8, 4) is 0 Å². The lowest BCUT2D eigenvalue weighted by molar-refractivity contribution is -0.114. The van der Waals surface area contributed by atoms with Crippen molar-refractivity contribution in [2.45, 2.75) is 19.4 Å². The van der Waals surface area contributed by atoms with Crippen LogP contribution in [0.2, 0.25) is 0 Å². The van der Waals surface area contributed by atoms with Crippen LogP contribution in [-0.4, -0.2) is 22.5 Å². The number of nitrogens with zero attached hydrogens (tertiary/aromatic N) is 2. The molecule has 3 aromatic rings. The maximum absolute atomic E-state index is 12.8. The molecule has 0 saturated carbocycles. The average molecular weight is 379 g/mol. The molecule has 136 valence electrons. The third-order valence-corrected chi connectivity index (χ3v) is 5.02. The number of hydrazone groups is 1. The summed E-state index contributed by atoms with van der Waals surface area (Å²) in [6, 6.07) is 12.6. The minimum absolute atomic E-state index is 0.117. The van der Waals surface area contributed by atoms with E-state index in [0.29, 0.717) is 6.42 Å². The molecule has 1 aliphatic rings. The molecule has 7 heteroatoms. The number of hydrogen-bond acceptors (Lipinski definition) is 5. The number of nitrogens with one attached hydrogen (secondary N) is 1. The maximum Gasteiger partial charge on any atom is 0.310 e. The van der Waals surface area contributed by atoms with E-state index in [1.165, 1.54) is 18.2 Å². The first-order chi connectivity index (χ1) is 13.1. The van der Waals surface area contributed by atoms with Crippen molar-refractivity contribution in [3.63, 3.8) is 0 Å². The van der Waals surface area contributed by atoms with E-state index in [1.807, 2.05) is 41.1 Å². The second-order valence-corrected chi connectivity index (χ2v) is 6.99. The van der Waals surface area contributed by atoms with Gasteiger partial charge in [0.1, 0.15) is 0 Å². The molecule has 2 aromatic heterocycles. The molecule has 0 fully saturated rings. The van der Waals surface area contributed by atoms with Crippen LogP contribution in [0.25, 0.3) is 0 Å². The first-order valence-electron chi connectivity index (χ1n) is 8.46. The minimum Gasteiger partial charge on any atom is -0.459 e. The van der Waals surface area contributed by atoms with Crippen LogP contribution in [0.4, 0.5) is 5.69 Å². The fourth-order valence-electron chi connectivity index (χ4n) is 3.06. The lowest BCUT2D eigenvalue weighted by Gasteiger charge is -2.19. The summed E-state index contributed by atoms with van der Waals surface area (Å²) in [4.78, 5) is 24.0. The van der Waals surface area contributed by atoms with Gasteiger partial charge >= 0.3 is 5.91 Å². The third kappa shape index (κ3) is 3.54. The number of rotatable bonds is 4. The van der Waals surface area contributed by atoms with Gasteiger partial charge in [-0.1, -0.05) is 12.1 Å². The van der Waals surface area contributed by atoms with Crippen molar-refractivity contribution in [3.05, 3.63) is 76.4 Å². The van der Waals surface area contributed by atoms with Crippen LogP contribution in [0.1, 0.15) is 41.1 Å². The van der Waals surface area contributed by atoms with Crippen molar-refractivity contribution in [2.75, 3.05) is 5.32 Å². The normalized spacial score (nSPS) is 16.3. The van der Waals surface area contributed by atoms with Gasteiger partial charge in [-0.15, -0.1) is 0 Å². The Morgan fingerprint density at radius 1 is 1.22 bits per heavy atom. The van der Waals surface area contributed by atoms with Gasteiger partial charge in [0.2, 0.25) is 5.91 Å². The van der Waals surface area contributed by atoms with E-state index in [0.717, 1.165) is 22.5 Å². The first-order valence-corrected chi connectivity index (χ1v) is 9.41. The summed E-state index contributed by atoms with van der Waals surface area (Å²) in [6.45, 7) is 1.47. The number of furan rings is 1. The molecule has 27 heavy (non-hydrogen) atoms. The van der Waals surface area contributed by atoms with Crippen molar-refractivity contribution in [2.24, 2.45) is 5.10 Å². The highest BCUT2D eigenvalue weighted by atomic mass is 32.1. The molecule has 2 amide bonds. The molecule has 1 aliphatic heterocycles. The second-order valence-electron chi connectivity index (χ2n) is 6.21. The lowest BCUT2D eigenvalue weighted by atomic mass is 10.00. The molecule has 3 heterocycles. The Labute approximate surface area is 160 Å². The molecule has 4 rings (SSSR count). The Balaban J connectivity index is 1.64. The van der Waals surface area contributed by atoms with Crippen molar-refractivity contribution in [1.82, 2.24) is 5.01 Å². The van der Waals surface area contributed by atoms with Crippen LogP contribution in [-0.2, 0) is 4.79 Å². The standard InChI is InChI=1S/C20H17N3O3S/c1-13(24)21-16-6-4-14(5-7-16)17-11-18(15-8-10-27-12-15)23(22-17)20(25)19-3-2-9-26-19/h2-10,12,18H,11H2,1H3,(H,21,24)/t18-/m1/s1. The molecular formula is C20H17N3O3S. The van der Waals surface area contributed by atoms with Crippen LogP contribution in [0.5, 0.6) is 0 Å². The van der Waals surface area contributed by atoms with Crippen LogP contribution in [0.3, 0.4) is 0 Å². The van der Waals surface area contributed by atoms with Gasteiger partial charge in [-0.25, -0.2) is 5.01 Å². The molecule has 0 unspecified atom stereocenters. The van der Waals surface area contributed by atoms with Crippen molar-refractivity contribution in [1.29, 1.82) is 0 Å². The molecule has 1 N–H and O–H groups in total. The fourth-order valence-corrected chi connectivity index (χ4v) is 3.77. The SMILES string of the molecule is CC(=O)Nc1ccc(C2=NN(C(=O)c3ccco3)[C@@H](c3ccsc3)C2)cc1. The summed E-state index contributed by atoms with van der Waals surface area (Å²) in [7, 11) is 0. The summed E-state index contributed by atoms with van der Waals surface area (Å²) in [5, 5.41) is 12.9. The second kappa shape index (κ2) is 7.20. The van der Waals surface area contributed by atoms with Crippen molar-refractivity contribution < 1.29 is 14.0 Å². The predicted octanol–water partition coefficient (Wildman–Crippen LogP) is 4.29. The van der Waals surface area contributed by atoms with E-state index in [4.69, 9.17) is 4.42 Å².